The third-order valence-electron chi connectivity index (χ3n) is 3.71. The van der Waals surface area contributed by atoms with Gasteiger partial charge in [0.1, 0.15) is 0 Å². The minimum absolute atomic E-state index is 0.120. The topological polar surface area (TPSA) is 93.7 Å². The fraction of sp³-hybridized carbons (Fsp3) is 0.235. The van der Waals surface area contributed by atoms with E-state index in [1.165, 1.54) is 19.1 Å². The molecule has 2 N–H and O–H groups in total. The maximum absolute atomic E-state index is 12.5. The van der Waals surface area contributed by atoms with Crippen LogP contribution >= 0.6 is 0 Å². The van der Waals surface area contributed by atoms with E-state index in [9.17, 15) is 13.2 Å². The molecule has 0 saturated carbocycles. The third-order valence-corrected chi connectivity index (χ3v) is 5.27. The maximum Gasteiger partial charge on any atom is 0.241 e. The summed E-state index contributed by atoms with van der Waals surface area (Å²) in [6, 6.07) is 10.8. The smallest absolute Gasteiger partial charge is 0.241 e. The number of hydrogen-bond acceptors (Lipinski definition) is 5. The molecule has 0 spiro atoms. The molecule has 0 radical (unpaired) electrons. The minimum atomic E-state index is -3.70. The van der Waals surface area contributed by atoms with E-state index < -0.39 is 16.1 Å². The van der Waals surface area contributed by atoms with E-state index in [0.29, 0.717) is 17.2 Å². The predicted molar refractivity (Wildman–Crippen MR) is 92.0 cm³/mol. The molecule has 132 valence electrons. The molecule has 8 heteroatoms. The van der Waals surface area contributed by atoms with E-state index in [0.717, 1.165) is 5.56 Å². The van der Waals surface area contributed by atoms with Crippen molar-refractivity contribution in [2.45, 2.75) is 24.8 Å². The van der Waals surface area contributed by atoms with Gasteiger partial charge in [-0.2, -0.15) is 0 Å². The first kappa shape index (κ1) is 17.2. The molecule has 1 aliphatic heterocycles. The van der Waals surface area contributed by atoms with Crippen LogP contribution in [0.1, 0.15) is 25.5 Å². The lowest BCUT2D eigenvalue weighted by Gasteiger charge is -2.15. The normalized spacial score (nSPS) is 14.2. The van der Waals surface area contributed by atoms with Crippen LogP contribution < -0.4 is 19.5 Å². The molecule has 0 fully saturated rings. The van der Waals surface area contributed by atoms with Gasteiger partial charge in [-0.3, -0.25) is 4.79 Å². The van der Waals surface area contributed by atoms with Crippen LogP contribution in [-0.4, -0.2) is 21.1 Å². The summed E-state index contributed by atoms with van der Waals surface area (Å²) in [7, 11) is -3.70. The number of anilines is 1. The monoisotopic (exact) mass is 362 g/mol. The minimum Gasteiger partial charge on any atom is -0.454 e. The number of sulfonamides is 1. The van der Waals surface area contributed by atoms with Gasteiger partial charge in [0.2, 0.25) is 22.7 Å². The van der Waals surface area contributed by atoms with Gasteiger partial charge in [0, 0.05) is 18.7 Å². The van der Waals surface area contributed by atoms with E-state index in [1.807, 2.05) is 0 Å². The van der Waals surface area contributed by atoms with Gasteiger partial charge < -0.3 is 14.8 Å². The summed E-state index contributed by atoms with van der Waals surface area (Å²) in [5.41, 5.74) is 1.30. The van der Waals surface area contributed by atoms with Crippen molar-refractivity contribution in [3.05, 3.63) is 48.0 Å². The highest BCUT2D eigenvalue weighted by atomic mass is 32.2. The Morgan fingerprint density at radius 2 is 1.76 bits per heavy atom. The number of nitrogens with one attached hydrogen (secondary N) is 2. The van der Waals surface area contributed by atoms with Gasteiger partial charge in [0.25, 0.3) is 0 Å². The molecular weight excluding hydrogens is 344 g/mol. The molecule has 0 aromatic heterocycles. The van der Waals surface area contributed by atoms with Crippen molar-refractivity contribution in [3.63, 3.8) is 0 Å². The molecule has 2 aromatic rings. The van der Waals surface area contributed by atoms with Gasteiger partial charge in [0.05, 0.1) is 4.90 Å². The zero-order chi connectivity index (χ0) is 18.0. The van der Waals surface area contributed by atoms with Crippen molar-refractivity contribution in [3.8, 4) is 11.5 Å². The molecular formula is C17H18N2O5S. The lowest BCUT2D eigenvalue weighted by molar-refractivity contribution is -0.114. The van der Waals surface area contributed by atoms with Crippen LogP contribution in [-0.2, 0) is 14.8 Å². The molecule has 0 saturated heterocycles. The summed E-state index contributed by atoms with van der Waals surface area (Å²) in [6.45, 7) is 3.31. The summed E-state index contributed by atoms with van der Waals surface area (Å²) in [5.74, 6) is 1.03. The fourth-order valence-corrected chi connectivity index (χ4v) is 3.70. The molecule has 0 aliphatic carbocycles. The SMILES string of the molecule is CC(=O)Nc1ccc(S(=O)(=O)NC(C)c2ccc3c(c2)OCO3)cc1. The third kappa shape index (κ3) is 3.92. The molecule has 1 atom stereocenters. The molecule has 0 bridgehead atoms. The summed E-state index contributed by atoms with van der Waals surface area (Å²) in [5, 5.41) is 2.59. The standard InChI is InChI=1S/C17H18N2O5S/c1-11(13-3-8-16-17(9-13)24-10-23-16)19-25(21,22)15-6-4-14(5-7-15)18-12(2)20/h3-9,11,19H,10H2,1-2H3,(H,18,20). The zero-order valence-corrected chi connectivity index (χ0v) is 14.6. The van der Waals surface area contributed by atoms with Crippen molar-refractivity contribution in [1.82, 2.24) is 4.72 Å². The van der Waals surface area contributed by atoms with E-state index >= 15 is 0 Å². The lowest BCUT2D eigenvalue weighted by Crippen LogP contribution is -2.26. The molecule has 1 amide bonds. The Balaban J connectivity index is 1.75. The van der Waals surface area contributed by atoms with Gasteiger partial charge >= 0.3 is 0 Å². The number of carbonyl (C=O) groups excluding carboxylic acids is 1. The number of fused-ring (bicyclic) bond motifs is 1. The Morgan fingerprint density at radius 1 is 1.08 bits per heavy atom. The highest BCUT2D eigenvalue weighted by molar-refractivity contribution is 7.89. The number of hydrogen-bond donors (Lipinski definition) is 2. The van der Waals surface area contributed by atoms with E-state index in [-0.39, 0.29) is 17.6 Å². The summed E-state index contributed by atoms with van der Waals surface area (Å²) < 4.78 is 38.3. The summed E-state index contributed by atoms with van der Waals surface area (Å²) >= 11 is 0. The van der Waals surface area contributed by atoms with Gasteiger partial charge in [-0.25, -0.2) is 13.1 Å². The van der Waals surface area contributed by atoms with E-state index in [2.05, 4.69) is 10.0 Å². The number of rotatable bonds is 5. The molecule has 1 heterocycles. The second kappa shape index (κ2) is 6.73. The van der Waals surface area contributed by atoms with E-state index in [1.54, 1.807) is 37.3 Å². The second-order valence-electron chi connectivity index (χ2n) is 5.66. The average Bonchev–Trinajstić information content (AvgIpc) is 3.02. The van der Waals surface area contributed by atoms with Crippen LogP contribution in [0.25, 0.3) is 0 Å². The summed E-state index contributed by atoms with van der Waals surface area (Å²) in [6.07, 6.45) is 0. The van der Waals surface area contributed by atoms with Gasteiger partial charge in [-0.1, -0.05) is 6.07 Å². The number of amides is 1. The summed E-state index contributed by atoms with van der Waals surface area (Å²) in [4.78, 5) is 11.1. The van der Waals surface area contributed by atoms with Gasteiger partial charge in [-0.15, -0.1) is 0 Å². The molecule has 1 unspecified atom stereocenters. The first-order chi connectivity index (χ1) is 11.8. The van der Waals surface area contributed by atoms with Gasteiger partial charge in [0.15, 0.2) is 11.5 Å². The molecule has 25 heavy (non-hydrogen) atoms. The Hall–Kier alpha value is -2.58. The Labute approximate surface area is 146 Å². The average molecular weight is 362 g/mol. The Morgan fingerprint density at radius 3 is 2.44 bits per heavy atom. The lowest BCUT2D eigenvalue weighted by atomic mass is 10.1. The first-order valence-electron chi connectivity index (χ1n) is 7.65. The van der Waals surface area contributed by atoms with Crippen molar-refractivity contribution in [2.75, 3.05) is 12.1 Å². The van der Waals surface area contributed by atoms with E-state index in [4.69, 9.17) is 9.47 Å². The molecule has 2 aromatic carbocycles. The quantitative estimate of drug-likeness (QED) is 0.852. The van der Waals surface area contributed by atoms with Crippen molar-refractivity contribution in [2.24, 2.45) is 0 Å². The largest absolute Gasteiger partial charge is 0.454 e. The molecule has 1 aliphatic rings. The number of carbonyl (C=O) groups is 1. The predicted octanol–water partition coefficient (Wildman–Crippen LogP) is 2.41. The number of ether oxygens (including phenoxy) is 2. The molecule has 7 nitrogen and oxygen atoms in total. The van der Waals surface area contributed by atoms with Crippen LogP contribution in [0.2, 0.25) is 0 Å². The van der Waals surface area contributed by atoms with Gasteiger partial charge in [-0.05, 0) is 48.9 Å². The Bertz CT molecular complexity index is 894. The Kier molecular flexibility index (Phi) is 4.65. The zero-order valence-electron chi connectivity index (χ0n) is 13.8. The van der Waals surface area contributed by atoms with Crippen LogP contribution in [0.15, 0.2) is 47.4 Å². The van der Waals surface area contributed by atoms with Crippen LogP contribution in [0.4, 0.5) is 5.69 Å². The first-order valence-corrected chi connectivity index (χ1v) is 9.13. The van der Waals surface area contributed by atoms with Crippen molar-refractivity contribution < 1.29 is 22.7 Å². The molecule has 3 rings (SSSR count). The van der Waals surface area contributed by atoms with Crippen LogP contribution in [0, 0.1) is 0 Å². The van der Waals surface area contributed by atoms with Crippen LogP contribution in [0.5, 0.6) is 11.5 Å². The highest BCUT2D eigenvalue weighted by Crippen LogP contribution is 2.34. The fourth-order valence-electron chi connectivity index (χ4n) is 2.47. The van der Waals surface area contributed by atoms with Crippen LogP contribution in [0.3, 0.4) is 0 Å². The van der Waals surface area contributed by atoms with Crippen molar-refractivity contribution >= 4 is 21.6 Å². The van der Waals surface area contributed by atoms with Crippen molar-refractivity contribution in [1.29, 1.82) is 0 Å². The second-order valence-corrected chi connectivity index (χ2v) is 7.38. The number of benzene rings is 2. The maximum atomic E-state index is 12.5. The highest BCUT2D eigenvalue weighted by Gasteiger charge is 2.21.